The zero-order valence-corrected chi connectivity index (χ0v) is 15.1. The molecule has 0 spiro atoms. The van der Waals surface area contributed by atoms with Gasteiger partial charge in [0.25, 0.3) is 11.5 Å². The zero-order chi connectivity index (χ0) is 20.2. The minimum absolute atomic E-state index is 0.0620. The summed E-state index contributed by atoms with van der Waals surface area (Å²) in [4.78, 5) is 23.7. The van der Waals surface area contributed by atoms with E-state index in [1.165, 1.54) is 0 Å². The Labute approximate surface area is 154 Å². The third-order valence-electron chi connectivity index (χ3n) is 4.01. The number of nitrogens with zero attached hydrogens (tertiary/aromatic N) is 2. The van der Waals surface area contributed by atoms with Gasteiger partial charge in [0, 0.05) is 12.6 Å². The summed E-state index contributed by atoms with van der Waals surface area (Å²) >= 11 is 0. The van der Waals surface area contributed by atoms with Gasteiger partial charge in [-0.1, -0.05) is 12.1 Å². The average Bonchev–Trinajstić information content (AvgIpc) is 2.59. The molecule has 2 rings (SSSR count). The second-order valence-electron chi connectivity index (χ2n) is 6.03. The summed E-state index contributed by atoms with van der Waals surface area (Å²) in [6, 6.07) is 6.90. The highest BCUT2D eigenvalue weighted by Crippen LogP contribution is 2.26. The number of amides is 1. The van der Waals surface area contributed by atoms with E-state index in [-0.39, 0.29) is 13.1 Å². The van der Waals surface area contributed by atoms with Crippen molar-refractivity contribution in [2.75, 3.05) is 6.54 Å². The van der Waals surface area contributed by atoms with Gasteiger partial charge in [0.2, 0.25) is 0 Å². The molecule has 9 heteroatoms. The van der Waals surface area contributed by atoms with Crippen molar-refractivity contribution in [2.45, 2.75) is 39.6 Å². The number of halogens is 3. The van der Waals surface area contributed by atoms with Crippen LogP contribution >= 0.6 is 0 Å². The Morgan fingerprint density at radius 2 is 1.96 bits per heavy atom. The number of carbonyl (C=O) groups is 1. The Morgan fingerprint density at radius 1 is 1.26 bits per heavy atom. The van der Waals surface area contributed by atoms with Crippen LogP contribution in [0.5, 0.6) is 5.75 Å². The normalized spacial score (nSPS) is 12.5. The van der Waals surface area contributed by atoms with Gasteiger partial charge in [-0.25, -0.2) is 4.68 Å². The van der Waals surface area contributed by atoms with Crippen LogP contribution in [0.15, 0.2) is 35.1 Å². The molecule has 0 saturated carbocycles. The molecule has 0 saturated heterocycles. The Balaban J connectivity index is 1.94. The van der Waals surface area contributed by atoms with E-state index < -0.39 is 29.4 Å². The number of hydrogen-bond donors (Lipinski definition) is 1. The maximum Gasteiger partial charge on any atom is 0.435 e. The summed E-state index contributed by atoms with van der Waals surface area (Å²) in [6.45, 7) is 5.11. The van der Waals surface area contributed by atoms with Gasteiger partial charge in [-0.15, -0.1) is 0 Å². The molecule has 1 aromatic carbocycles. The number of hydrogen-bond acceptors (Lipinski definition) is 4. The first-order chi connectivity index (χ1) is 12.6. The highest BCUT2D eigenvalue weighted by Gasteiger charge is 2.33. The lowest BCUT2D eigenvalue weighted by Crippen LogP contribution is -2.39. The van der Waals surface area contributed by atoms with Crippen molar-refractivity contribution in [3.8, 4) is 5.75 Å². The molecule has 0 radical (unpaired) electrons. The Hall–Kier alpha value is -2.84. The quantitative estimate of drug-likeness (QED) is 0.832. The molecule has 1 aromatic heterocycles. The van der Waals surface area contributed by atoms with E-state index in [0.717, 1.165) is 17.2 Å². The fourth-order valence-corrected chi connectivity index (χ4v) is 2.28. The summed E-state index contributed by atoms with van der Waals surface area (Å²) in [6.07, 6.45) is -5.45. The average molecular weight is 383 g/mol. The van der Waals surface area contributed by atoms with Crippen LogP contribution in [-0.4, -0.2) is 28.3 Å². The second kappa shape index (κ2) is 8.24. The number of ether oxygens (including phenoxy) is 1. The van der Waals surface area contributed by atoms with Crippen LogP contribution in [0.4, 0.5) is 13.2 Å². The van der Waals surface area contributed by atoms with E-state index in [0.29, 0.717) is 16.5 Å². The fourth-order valence-electron chi connectivity index (χ4n) is 2.28. The molecule has 2 aromatic rings. The van der Waals surface area contributed by atoms with Gasteiger partial charge in [0.15, 0.2) is 11.8 Å². The largest absolute Gasteiger partial charge is 0.481 e. The minimum Gasteiger partial charge on any atom is -0.481 e. The highest BCUT2D eigenvalue weighted by atomic mass is 19.4. The van der Waals surface area contributed by atoms with Crippen molar-refractivity contribution in [3.63, 3.8) is 0 Å². The standard InChI is InChI=1S/C18H20F3N3O3/c1-11-5-4-6-14(12(11)2)27-13(3)17(26)22-9-10-24-16(25)8-7-15(23-24)18(19,20)21/h4-8,13H,9-10H2,1-3H3,(H,22,26). The second-order valence-corrected chi connectivity index (χ2v) is 6.03. The van der Waals surface area contributed by atoms with Gasteiger partial charge < -0.3 is 10.1 Å². The maximum atomic E-state index is 12.7. The fraction of sp³-hybridized carbons (Fsp3) is 0.389. The van der Waals surface area contributed by atoms with Gasteiger partial charge in [0.1, 0.15) is 5.75 Å². The first-order valence-corrected chi connectivity index (χ1v) is 8.25. The van der Waals surface area contributed by atoms with Crippen LogP contribution in [-0.2, 0) is 17.5 Å². The van der Waals surface area contributed by atoms with Gasteiger partial charge in [0.05, 0.1) is 6.54 Å². The topological polar surface area (TPSA) is 73.2 Å². The van der Waals surface area contributed by atoms with E-state index in [2.05, 4.69) is 10.4 Å². The van der Waals surface area contributed by atoms with E-state index in [1.54, 1.807) is 13.0 Å². The molecule has 0 aliphatic rings. The summed E-state index contributed by atoms with van der Waals surface area (Å²) in [5.74, 6) is 0.129. The monoisotopic (exact) mass is 383 g/mol. The molecule has 1 atom stereocenters. The van der Waals surface area contributed by atoms with Gasteiger partial charge in [-0.3, -0.25) is 9.59 Å². The first kappa shape index (κ1) is 20.5. The molecule has 1 amide bonds. The van der Waals surface area contributed by atoms with Crippen molar-refractivity contribution in [1.82, 2.24) is 15.1 Å². The molecule has 0 aliphatic heterocycles. The summed E-state index contributed by atoms with van der Waals surface area (Å²) in [5, 5.41) is 5.80. The molecule has 1 unspecified atom stereocenters. The number of nitrogens with one attached hydrogen (secondary N) is 1. The Morgan fingerprint density at radius 3 is 2.63 bits per heavy atom. The summed E-state index contributed by atoms with van der Waals surface area (Å²) in [7, 11) is 0. The van der Waals surface area contributed by atoms with Gasteiger partial charge in [-0.05, 0) is 44.0 Å². The number of carbonyl (C=O) groups excluding carboxylic acids is 1. The van der Waals surface area contributed by atoms with Crippen LogP contribution in [0.2, 0.25) is 0 Å². The van der Waals surface area contributed by atoms with Gasteiger partial charge >= 0.3 is 6.18 Å². The third-order valence-corrected chi connectivity index (χ3v) is 4.01. The SMILES string of the molecule is Cc1cccc(OC(C)C(=O)NCCn2nc(C(F)(F)F)ccc2=O)c1C. The predicted octanol–water partition coefficient (Wildman–Crippen LogP) is 2.46. The smallest absolute Gasteiger partial charge is 0.435 e. The van der Waals surface area contributed by atoms with E-state index in [4.69, 9.17) is 4.74 Å². The van der Waals surface area contributed by atoms with Crippen LogP contribution in [0, 0.1) is 13.8 Å². The maximum absolute atomic E-state index is 12.7. The van der Waals surface area contributed by atoms with Crippen molar-refractivity contribution in [3.05, 3.63) is 57.5 Å². The predicted molar refractivity (Wildman–Crippen MR) is 92.5 cm³/mol. The Kier molecular flexibility index (Phi) is 6.24. The van der Waals surface area contributed by atoms with Crippen molar-refractivity contribution in [2.24, 2.45) is 0 Å². The summed E-state index contributed by atoms with van der Waals surface area (Å²) < 4.78 is 44.3. The van der Waals surface area contributed by atoms with Crippen LogP contribution in [0.25, 0.3) is 0 Å². The van der Waals surface area contributed by atoms with Crippen molar-refractivity contribution >= 4 is 5.91 Å². The van der Waals surface area contributed by atoms with Crippen LogP contribution < -0.4 is 15.6 Å². The van der Waals surface area contributed by atoms with Gasteiger partial charge in [-0.2, -0.15) is 18.3 Å². The number of alkyl halides is 3. The van der Waals surface area contributed by atoms with Crippen LogP contribution in [0.3, 0.4) is 0 Å². The van der Waals surface area contributed by atoms with E-state index >= 15 is 0 Å². The lowest BCUT2D eigenvalue weighted by atomic mass is 10.1. The molecule has 0 bridgehead atoms. The first-order valence-electron chi connectivity index (χ1n) is 8.25. The number of benzene rings is 1. The number of aryl methyl sites for hydroxylation is 1. The molecule has 6 nitrogen and oxygen atoms in total. The van der Waals surface area contributed by atoms with Crippen molar-refractivity contribution < 1.29 is 22.7 Å². The van der Waals surface area contributed by atoms with E-state index in [1.807, 2.05) is 26.0 Å². The molecule has 0 aliphatic carbocycles. The minimum atomic E-state index is -4.65. The molecule has 1 heterocycles. The lowest BCUT2D eigenvalue weighted by molar-refractivity contribution is -0.142. The zero-order valence-electron chi connectivity index (χ0n) is 15.1. The molecule has 146 valence electrons. The molecule has 27 heavy (non-hydrogen) atoms. The molecule has 0 fully saturated rings. The molecule has 1 N–H and O–H groups in total. The van der Waals surface area contributed by atoms with Crippen LogP contribution in [0.1, 0.15) is 23.7 Å². The summed E-state index contributed by atoms with van der Waals surface area (Å²) in [5.41, 5.74) is 0.0870. The molecular weight excluding hydrogens is 363 g/mol. The Bertz CT molecular complexity index is 878. The molecular formula is C18H20F3N3O3. The highest BCUT2D eigenvalue weighted by molar-refractivity contribution is 5.80. The lowest BCUT2D eigenvalue weighted by Gasteiger charge is -2.17. The van der Waals surface area contributed by atoms with E-state index in [9.17, 15) is 22.8 Å². The van der Waals surface area contributed by atoms with Crippen molar-refractivity contribution in [1.29, 1.82) is 0 Å². The number of aromatic nitrogens is 2. The number of rotatable bonds is 6. The third kappa shape index (κ3) is 5.32.